The van der Waals surface area contributed by atoms with Crippen LogP contribution in [0.15, 0.2) is 78.9 Å². The third kappa shape index (κ3) is 4.11. The van der Waals surface area contributed by atoms with Gasteiger partial charge in [-0.1, -0.05) is 66.7 Å². The molecular weight excluding hydrogens is 368 g/mol. The fourth-order valence-corrected chi connectivity index (χ4v) is 4.85. The molecule has 0 fully saturated rings. The van der Waals surface area contributed by atoms with Gasteiger partial charge in [-0.15, -0.1) is 0 Å². The maximum atomic E-state index is 12.6. The molecule has 5 heteroatoms. The average Bonchev–Trinajstić information content (AvgIpc) is 2.89. The van der Waals surface area contributed by atoms with Crippen LogP contribution in [0.1, 0.15) is 11.1 Å². The molecule has 1 unspecified atom stereocenters. The fraction of sp³-hybridized carbons (Fsp3) is 0.217. The van der Waals surface area contributed by atoms with Gasteiger partial charge in [-0.3, -0.25) is 0 Å². The van der Waals surface area contributed by atoms with Crippen molar-refractivity contribution in [2.75, 3.05) is 18.1 Å². The standard InChI is InChI=1S/C23H24N2O2S/c1-28(26,27)25-17-21-15-20(19-10-6-3-7-11-19)12-13-23(21)24-16-22(25)14-18-8-4-2-5-9-18/h2-13,15,22,24H,14,16-17H2,1H3. The van der Waals surface area contributed by atoms with Gasteiger partial charge in [0.25, 0.3) is 0 Å². The van der Waals surface area contributed by atoms with Gasteiger partial charge in [0.1, 0.15) is 0 Å². The van der Waals surface area contributed by atoms with E-state index in [2.05, 4.69) is 35.6 Å². The highest BCUT2D eigenvalue weighted by Gasteiger charge is 2.30. The fourth-order valence-electron chi connectivity index (χ4n) is 3.78. The summed E-state index contributed by atoms with van der Waals surface area (Å²) < 4.78 is 26.8. The van der Waals surface area contributed by atoms with Crippen LogP contribution in [-0.2, 0) is 23.0 Å². The average molecular weight is 393 g/mol. The molecule has 0 aliphatic carbocycles. The first-order valence-electron chi connectivity index (χ1n) is 9.44. The number of benzene rings is 3. The molecule has 4 nitrogen and oxygen atoms in total. The Morgan fingerprint density at radius 2 is 1.61 bits per heavy atom. The molecule has 0 bridgehead atoms. The molecule has 0 spiro atoms. The molecule has 0 radical (unpaired) electrons. The predicted octanol–water partition coefficient (Wildman–Crippen LogP) is 4.15. The van der Waals surface area contributed by atoms with E-state index in [4.69, 9.17) is 0 Å². The Labute approximate surface area is 166 Å². The van der Waals surface area contributed by atoms with Crippen molar-refractivity contribution < 1.29 is 8.42 Å². The van der Waals surface area contributed by atoms with Crippen LogP contribution in [0.5, 0.6) is 0 Å². The van der Waals surface area contributed by atoms with E-state index in [9.17, 15) is 8.42 Å². The highest BCUT2D eigenvalue weighted by Crippen LogP contribution is 2.30. The molecule has 28 heavy (non-hydrogen) atoms. The van der Waals surface area contributed by atoms with E-state index in [1.54, 1.807) is 4.31 Å². The number of anilines is 1. The molecular formula is C23H24N2O2S. The molecule has 3 aromatic carbocycles. The van der Waals surface area contributed by atoms with Gasteiger partial charge in [0.2, 0.25) is 10.0 Å². The summed E-state index contributed by atoms with van der Waals surface area (Å²) in [4.78, 5) is 0. The third-order valence-corrected chi connectivity index (χ3v) is 6.49. The molecule has 0 saturated heterocycles. The minimum atomic E-state index is -3.35. The van der Waals surface area contributed by atoms with Crippen LogP contribution in [0.25, 0.3) is 11.1 Å². The van der Waals surface area contributed by atoms with E-state index in [1.165, 1.54) is 6.26 Å². The molecule has 1 heterocycles. The second-order valence-corrected chi connectivity index (χ2v) is 9.21. The van der Waals surface area contributed by atoms with E-state index in [1.807, 2.05) is 48.5 Å². The van der Waals surface area contributed by atoms with Crippen LogP contribution in [0.4, 0.5) is 5.69 Å². The minimum Gasteiger partial charge on any atom is -0.383 e. The summed E-state index contributed by atoms with van der Waals surface area (Å²) in [5, 5.41) is 3.47. The zero-order chi connectivity index (χ0) is 19.6. The first-order chi connectivity index (χ1) is 13.5. The second-order valence-electron chi connectivity index (χ2n) is 7.27. The third-order valence-electron chi connectivity index (χ3n) is 5.21. The number of sulfonamides is 1. The lowest BCUT2D eigenvalue weighted by Gasteiger charge is -2.27. The summed E-state index contributed by atoms with van der Waals surface area (Å²) in [7, 11) is -3.35. The number of nitrogens with one attached hydrogen (secondary N) is 1. The second kappa shape index (κ2) is 7.78. The Balaban J connectivity index is 1.68. The topological polar surface area (TPSA) is 49.4 Å². The van der Waals surface area contributed by atoms with E-state index < -0.39 is 10.0 Å². The molecule has 3 aromatic rings. The van der Waals surface area contributed by atoms with Crippen LogP contribution >= 0.6 is 0 Å². The summed E-state index contributed by atoms with van der Waals surface area (Å²) in [6.45, 7) is 0.957. The molecule has 1 N–H and O–H groups in total. The van der Waals surface area contributed by atoms with Crippen LogP contribution in [0, 0.1) is 0 Å². The van der Waals surface area contributed by atoms with Gasteiger partial charge in [-0.25, -0.2) is 8.42 Å². The van der Waals surface area contributed by atoms with Crippen molar-refractivity contribution in [3.8, 4) is 11.1 Å². The lowest BCUT2D eigenvalue weighted by atomic mass is 10.0. The van der Waals surface area contributed by atoms with Gasteiger partial charge in [-0.05, 0) is 40.8 Å². The van der Waals surface area contributed by atoms with Crippen molar-refractivity contribution in [3.05, 3.63) is 90.0 Å². The van der Waals surface area contributed by atoms with E-state index >= 15 is 0 Å². The SMILES string of the molecule is CS(=O)(=O)N1Cc2cc(-c3ccccc3)ccc2NCC1Cc1ccccc1. The predicted molar refractivity (Wildman–Crippen MR) is 115 cm³/mol. The molecule has 144 valence electrons. The molecule has 4 rings (SSSR count). The monoisotopic (exact) mass is 392 g/mol. The van der Waals surface area contributed by atoms with Crippen molar-refractivity contribution in [1.82, 2.24) is 4.31 Å². The summed E-state index contributed by atoms with van der Waals surface area (Å²) in [5.41, 5.74) is 5.36. The summed E-state index contributed by atoms with van der Waals surface area (Å²) in [5.74, 6) is 0. The quantitative estimate of drug-likeness (QED) is 0.726. The minimum absolute atomic E-state index is 0.134. The number of nitrogens with zero attached hydrogens (tertiary/aromatic N) is 1. The molecule has 0 aromatic heterocycles. The normalized spacial score (nSPS) is 17.4. The summed E-state index contributed by atoms with van der Waals surface area (Å²) in [6, 6.07) is 26.3. The molecule has 1 atom stereocenters. The van der Waals surface area contributed by atoms with Crippen molar-refractivity contribution in [3.63, 3.8) is 0 Å². The van der Waals surface area contributed by atoms with E-state index in [0.717, 1.165) is 27.9 Å². The Hall–Kier alpha value is -2.63. The maximum Gasteiger partial charge on any atom is 0.211 e. The Kier molecular flexibility index (Phi) is 5.20. The van der Waals surface area contributed by atoms with Gasteiger partial charge in [0, 0.05) is 24.8 Å². The van der Waals surface area contributed by atoms with Gasteiger partial charge in [-0.2, -0.15) is 4.31 Å². The first-order valence-corrected chi connectivity index (χ1v) is 11.3. The number of fused-ring (bicyclic) bond motifs is 1. The van der Waals surface area contributed by atoms with Crippen LogP contribution < -0.4 is 5.32 Å². The van der Waals surface area contributed by atoms with Gasteiger partial charge < -0.3 is 5.32 Å². The molecule has 0 amide bonds. The van der Waals surface area contributed by atoms with Gasteiger partial charge in [0.05, 0.1) is 6.26 Å². The zero-order valence-electron chi connectivity index (χ0n) is 15.9. The van der Waals surface area contributed by atoms with E-state index in [0.29, 0.717) is 19.5 Å². The van der Waals surface area contributed by atoms with Gasteiger partial charge >= 0.3 is 0 Å². The number of rotatable bonds is 4. The Morgan fingerprint density at radius 1 is 0.929 bits per heavy atom. The van der Waals surface area contributed by atoms with Crippen molar-refractivity contribution in [1.29, 1.82) is 0 Å². The molecule has 1 aliphatic rings. The Bertz CT molecular complexity index is 1050. The smallest absolute Gasteiger partial charge is 0.211 e. The van der Waals surface area contributed by atoms with Crippen LogP contribution in [-0.4, -0.2) is 31.6 Å². The highest BCUT2D eigenvalue weighted by molar-refractivity contribution is 7.88. The zero-order valence-corrected chi connectivity index (χ0v) is 16.7. The largest absolute Gasteiger partial charge is 0.383 e. The lowest BCUT2D eigenvalue weighted by Crippen LogP contribution is -2.42. The maximum absolute atomic E-state index is 12.6. The lowest BCUT2D eigenvalue weighted by molar-refractivity contribution is 0.328. The summed E-state index contributed by atoms with van der Waals surface area (Å²) in [6.07, 6.45) is 1.98. The van der Waals surface area contributed by atoms with Crippen LogP contribution in [0.2, 0.25) is 0 Å². The van der Waals surface area contributed by atoms with Crippen LogP contribution in [0.3, 0.4) is 0 Å². The number of hydrogen-bond acceptors (Lipinski definition) is 3. The van der Waals surface area contributed by atoms with Gasteiger partial charge in [0.15, 0.2) is 0 Å². The first kappa shape index (κ1) is 18.7. The Morgan fingerprint density at radius 3 is 2.29 bits per heavy atom. The number of hydrogen-bond donors (Lipinski definition) is 1. The van der Waals surface area contributed by atoms with Crippen molar-refractivity contribution in [2.24, 2.45) is 0 Å². The highest BCUT2D eigenvalue weighted by atomic mass is 32.2. The van der Waals surface area contributed by atoms with Crippen molar-refractivity contribution in [2.45, 2.75) is 19.0 Å². The molecule has 0 saturated carbocycles. The molecule has 1 aliphatic heterocycles. The summed E-state index contributed by atoms with van der Waals surface area (Å²) >= 11 is 0. The van der Waals surface area contributed by atoms with E-state index in [-0.39, 0.29) is 6.04 Å². The van der Waals surface area contributed by atoms with Crippen molar-refractivity contribution >= 4 is 15.7 Å².